The Labute approximate surface area is 168 Å². The fourth-order valence-corrected chi connectivity index (χ4v) is 4.05. The van der Waals surface area contributed by atoms with Crippen LogP contribution in [0.3, 0.4) is 0 Å². The summed E-state index contributed by atoms with van der Waals surface area (Å²) in [5.74, 6) is 0.681. The summed E-state index contributed by atoms with van der Waals surface area (Å²) in [4.78, 5) is 26.5. The van der Waals surface area contributed by atoms with Gasteiger partial charge in [0.2, 0.25) is 5.82 Å². The first kappa shape index (κ1) is 18.3. The minimum absolute atomic E-state index is 0.202. The highest BCUT2D eigenvalue weighted by atomic mass is 16.5. The number of hydrogen-bond acceptors (Lipinski definition) is 7. The number of amides is 1. The Morgan fingerprint density at radius 2 is 1.86 bits per heavy atom. The van der Waals surface area contributed by atoms with E-state index in [1.807, 2.05) is 24.3 Å². The van der Waals surface area contributed by atoms with E-state index in [2.05, 4.69) is 25.1 Å². The molecule has 2 aromatic heterocycles. The van der Waals surface area contributed by atoms with Gasteiger partial charge < -0.3 is 19.4 Å². The lowest BCUT2D eigenvalue weighted by Gasteiger charge is -2.26. The van der Waals surface area contributed by atoms with Gasteiger partial charge in [-0.3, -0.25) is 9.69 Å². The van der Waals surface area contributed by atoms with Crippen LogP contribution in [0, 0.1) is 0 Å². The van der Waals surface area contributed by atoms with Crippen LogP contribution in [0.1, 0.15) is 23.5 Å². The number of ether oxygens (including phenoxy) is 1. The molecule has 0 bridgehead atoms. The number of nitrogens with one attached hydrogen (secondary N) is 1. The number of para-hydroxylation sites is 1. The van der Waals surface area contributed by atoms with Crippen LogP contribution < -0.4 is 10.2 Å². The van der Waals surface area contributed by atoms with Crippen molar-refractivity contribution >= 4 is 33.8 Å². The molecule has 4 heterocycles. The predicted octanol–water partition coefficient (Wildman–Crippen LogP) is 2.04. The average Bonchev–Trinajstić information content (AvgIpc) is 3.42. The molecule has 0 saturated carbocycles. The molecule has 1 N–H and O–H groups in total. The maximum Gasteiger partial charge on any atom is 0.289 e. The first-order chi connectivity index (χ1) is 14.3. The number of furan rings is 1. The monoisotopic (exact) mass is 395 g/mol. The number of morpholine rings is 1. The van der Waals surface area contributed by atoms with Crippen LogP contribution in [0.2, 0.25) is 0 Å². The SMILES string of the molecule is O=C(NCCN1CCOCC1)c1nc(N2CCCC2)c2oc3ccccc3c2n1. The normalized spacial score (nSPS) is 18.0. The molecule has 5 rings (SSSR count). The molecular formula is C21H25N5O3. The number of benzene rings is 1. The second-order valence-electron chi connectivity index (χ2n) is 7.55. The highest BCUT2D eigenvalue weighted by Gasteiger charge is 2.24. The maximum absolute atomic E-state index is 12.8. The van der Waals surface area contributed by atoms with Crippen LogP contribution in [-0.2, 0) is 4.74 Å². The second-order valence-corrected chi connectivity index (χ2v) is 7.55. The van der Waals surface area contributed by atoms with Gasteiger partial charge in [-0.15, -0.1) is 0 Å². The summed E-state index contributed by atoms with van der Waals surface area (Å²) >= 11 is 0. The molecule has 8 heteroatoms. The van der Waals surface area contributed by atoms with E-state index in [4.69, 9.17) is 9.15 Å². The number of nitrogens with zero attached hydrogens (tertiary/aromatic N) is 4. The van der Waals surface area contributed by atoms with Gasteiger partial charge >= 0.3 is 0 Å². The van der Waals surface area contributed by atoms with E-state index in [1.165, 1.54) is 0 Å². The summed E-state index contributed by atoms with van der Waals surface area (Å²) in [5.41, 5.74) is 2.14. The minimum atomic E-state index is -0.245. The maximum atomic E-state index is 12.8. The summed E-state index contributed by atoms with van der Waals surface area (Å²) in [7, 11) is 0. The molecular weight excluding hydrogens is 370 g/mol. The van der Waals surface area contributed by atoms with Gasteiger partial charge in [0.05, 0.1) is 13.2 Å². The number of hydrogen-bond donors (Lipinski definition) is 1. The van der Waals surface area contributed by atoms with Gasteiger partial charge in [0.15, 0.2) is 11.4 Å². The third-order valence-corrected chi connectivity index (χ3v) is 5.63. The van der Waals surface area contributed by atoms with Crippen LogP contribution >= 0.6 is 0 Å². The molecule has 152 valence electrons. The van der Waals surface area contributed by atoms with E-state index in [-0.39, 0.29) is 11.7 Å². The number of fused-ring (bicyclic) bond motifs is 3. The highest BCUT2D eigenvalue weighted by molar-refractivity contribution is 6.07. The van der Waals surface area contributed by atoms with Crippen molar-refractivity contribution in [3.05, 3.63) is 30.1 Å². The van der Waals surface area contributed by atoms with Crippen molar-refractivity contribution in [2.24, 2.45) is 0 Å². The minimum Gasteiger partial charge on any atom is -0.450 e. The number of aromatic nitrogens is 2. The standard InChI is InChI=1S/C21H25N5O3/c27-21(22-7-10-25-11-13-28-14-12-25)19-23-17-15-5-1-2-6-16(15)29-18(17)20(24-19)26-8-3-4-9-26/h1-2,5-6H,3-4,7-14H2,(H,22,27). The van der Waals surface area contributed by atoms with E-state index < -0.39 is 0 Å². The van der Waals surface area contributed by atoms with Gasteiger partial charge in [0, 0.05) is 44.7 Å². The fourth-order valence-electron chi connectivity index (χ4n) is 4.05. The first-order valence-electron chi connectivity index (χ1n) is 10.3. The third-order valence-electron chi connectivity index (χ3n) is 5.63. The molecule has 1 amide bonds. The van der Waals surface area contributed by atoms with Gasteiger partial charge in [-0.2, -0.15) is 0 Å². The molecule has 2 aliphatic rings. The van der Waals surface area contributed by atoms with Crippen LogP contribution in [0.15, 0.2) is 28.7 Å². The molecule has 2 fully saturated rings. The van der Waals surface area contributed by atoms with E-state index >= 15 is 0 Å². The molecule has 0 spiro atoms. The molecule has 8 nitrogen and oxygen atoms in total. The van der Waals surface area contributed by atoms with E-state index in [0.717, 1.165) is 75.6 Å². The predicted molar refractivity (Wildman–Crippen MR) is 110 cm³/mol. The van der Waals surface area contributed by atoms with E-state index in [0.29, 0.717) is 17.6 Å². The highest BCUT2D eigenvalue weighted by Crippen LogP contribution is 2.34. The summed E-state index contributed by atoms with van der Waals surface area (Å²) in [6.07, 6.45) is 2.24. The largest absolute Gasteiger partial charge is 0.450 e. The molecule has 2 aliphatic heterocycles. The summed E-state index contributed by atoms with van der Waals surface area (Å²) in [6.45, 7) is 6.50. The zero-order chi connectivity index (χ0) is 19.6. The Bertz CT molecular complexity index is 1020. The Kier molecular flexibility index (Phi) is 5.03. The van der Waals surface area contributed by atoms with E-state index in [9.17, 15) is 4.79 Å². The van der Waals surface area contributed by atoms with Gasteiger partial charge in [-0.25, -0.2) is 9.97 Å². The van der Waals surface area contributed by atoms with Gasteiger partial charge in [0.25, 0.3) is 5.91 Å². The molecule has 3 aromatic rings. The van der Waals surface area contributed by atoms with Crippen LogP contribution in [0.5, 0.6) is 0 Å². The van der Waals surface area contributed by atoms with Crippen LogP contribution in [0.4, 0.5) is 5.82 Å². The zero-order valence-corrected chi connectivity index (χ0v) is 16.4. The van der Waals surface area contributed by atoms with Crippen molar-refractivity contribution < 1.29 is 13.9 Å². The van der Waals surface area contributed by atoms with Crippen molar-refractivity contribution in [2.75, 3.05) is 57.4 Å². The number of rotatable bonds is 5. The Morgan fingerprint density at radius 1 is 1.07 bits per heavy atom. The molecule has 29 heavy (non-hydrogen) atoms. The number of carbonyl (C=O) groups is 1. The smallest absolute Gasteiger partial charge is 0.289 e. The molecule has 2 saturated heterocycles. The molecule has 1 aromatic carbocycles. The molecule has 0 aliphatic carbocycles. The van der Waals surface area contributed by atoms with Gasteiger partial charge in [-0.1, -0.05) is 12.1 Å². The number of anilines is 1. The quantitative estimate of drug-likeness (QED) is 0.708. The molecule has 0 unspecified atom stereocenters. The topological polar surface area (TPSA) is 83.7 Å². The van der Waals surface area contributed by atoms with E-state index in [1.54, 1.807) is 0 Å². The summed E-state index contributed by atoms with van der Waals surface area (Å²) < 4.78 is 11.4. The van der Waals surface area contributed by atoms with Crippen molar-refractivity contribution in [3.63, 3.8) is 0 Å². The summed E-state index contributed by atoms with van der Waals surface area (Å²) in [5, 5.41) is 3.88. The molecule has 0 atom stereocenters. The second kappa shape index (κ2) is 7.96. The lowest BCUT2D eigenvalue weighted by molar-refractivity contribution is 0.0383. The van der Waals surface area contributed by atoms with Crippen molar-refractivity contribution in [2.45, 2.75) is 12.8 Å². The molecule has 0 radical (unpaired) electrons. The number of carbonyl (C=O) groups excluding carboxylic acids is 1. The lowest BCUT2D eigenvalue weighted by Crippen LogP contribution is -2.41. The van der Waals surface area contributed by atoms with Crippen molar-refractivity contribution in [3.8, 4) is 0 Å². The van der Waals surface area contributed by atoms with Crippen molar-refractivity contribution in [1.82, 2.24) is 20.2 Å². The third kappa shape index (κ3) is 3.65. The zero-order valence-electron chi connectivity index (χ0n) is 16.4. The Balaban J connectivity index is 1.43. The Morgan fingerprint density at radius 3 is 2.69 bits per heavy atom. The fraction of sp³-hybridized carbons (Fsp3) is 0.476. The van der Waals surface area contributed by atoms with Gasteiger partial charge in [-0.05, 0) is 25.0 Å². The van der Waals surface area contributed by atoms with Crippen molar-refractivity contribution in [1.29, 1.82) is 0 Å². The van der Waals surface area contributed by atoms with Gasteiger partial charge in [0.1, 0.15) is 11.1 Å². The van der Waals surface area contributed by atoms with Crippen LogP contribution in [0.25, 0.3) is 22.1 Å². The first-order valence-corrected chi connectivity index (χ1v) is 10.3. The summed E-state index contributed by atoms with van der Waals surface area (Å²) in [6, 6.07) is 7.79. The van der Waals surface area contributed by atoms with Crippen LogP contribution in [-0.4, -0.2) is 73.3 Å². The lowest BCUT2D eigenvalue weighted by atomic mass is 10.2. The Hall–Kier alpha value is -2.71. The average molecular weight is 395 g/mol.